The molecule has 1 rings (SSSR count). The standard InChI is InChI=1S/C13H26N4O2.ClH/c1-4-6-15-12(18)9-16(3)13(19)10-17-7-5-11(8-17)14-2;/h11,14H,4-10H2,1-3H3,(H,15,18);1H. The van der Waals surface area contributed by atoms with Crippen LogP contribution in [0, 0.1) is 0 Å². The quantitative estimate of drug-likeness (QED) is 0.677. The Morgan fingerprint density at radius 2 is 2.10 bits per heavy atom. The Morgan fingerprint density at radius 1 is 1.40 bits per heavy atom. The number of likely N-dealkylation sites (N-methyl/N-ethyl adjacent to an activating group) is 2. The summed E-state index contributed by atoms with van der Waals surface area (Å²) in [6.45, 7) is 5.04. The average Bonchev–Trinajstić information content (AvgIpc) is 2.83. The third-order valence-electron chi connectivity index (χ3n) is 3.42. The minimum atomic E-state index is -0.0905. The zero-order valence-electron chi connectivity index (χ0n) is 12.6. The van der Waals surface area contributed by atoms with Crippen LogP contribution in [0.4, 0.5) is 0 Å². The van der Waals surface area contributed by atoms with E-state index in [0.717, 1.165) is 25.9 Å². The molecule has 1 unspecified atom stereocenters. The fourth-order valence-corrected chi connectivity index (χ4v) is 2.15. The van der Waals surface area contributed by atoms with Crippen molar-refractivity contribution in [3.8, 4) is 0 Å². The van der Waals surface area contributed by atoms with Gasteiger partial charge in [0, 0.05) is 32.7 Å². The van der Waals surface area contributed by atoms with Gasteiger partial charge in [0.15, 0.2) is 0 Å². The zero-order valence-corrected chi connectivity index (χ0v) is 13.5. The van der Waals surface area contributed by atoms with Crippen molar-refractivity contribution in [1.82, 2.24) is 20.4 Å². The first kappa shape index (κ1) is 19.1. The predicted octanol–water partition coefficient (Wildman–Crippen LogP) is -0.313. The van der Waals surface area contributed by atoms with E-state index in [9.17, 15) is 9.59 Å². The first-order chi connectivity index (χ1) is 9.06. The zero-order chi connectivity index (χ0) is 14.3. The molecule has 1 fully saturated rings. The third-order valence-corrected chi connectivity index (χ3v) is 3.42. The summed E-state index contributed by atoms with van der Waals surface area (Å²) in [6.07, 6.45) is 1.98. The van der Waals surface area contributed by atoms with E-state index in [-0.39, 0.29) is 30.8 Å². The van der Waals surface area contributed by atoms with Gasteiger partial charge in [-0.25, -0.2) is 0 Å². The first-order valence-electron chi connectivity index (χ1n) is 6.97. The molecule has 1 saturated heterocycles. The molecular formula is C13H27ClN4O2. The molecule has 2 N–H and O–H groups in total. The van der Waals surface area contributed by atoms with Crippen LogP contribution in [0.1, 0.15) is 19.8 Å². The molecular weight excluding hydrogens is 280 g/mol. The maximum absolute atomic E-state index is 12.0. The lowest BCUT2D eigenvalue weighted by molar-refractivity contribution is -0.135. The summed E-state index contributed by atoms with van der Waals surface area (Å²) in [5.41, 5.74) is 0. The van der Waals surface area contributed by atoms with Crippen LogP contribution in [0.3, 0.4) is 0 Å². The molecule has 118 valence electrons. The summed E-state index contributed by atoms with van der Waals surface area (Å²) >= 11 is 0. The van der Waals surface area contributed by atoms with Crippen molar-refractivity contribution >= 4 is 24.2 Å². The lowest BCUT2D eigenvalue weighted by atomic mass is 10.3. The van der Waals surface area contributed by atoms with Gasteiger partial charge in [0.1, 0.15) is 0 Å². The Kier molecular flexibility index (Phi) is 9.54. The highest BCUT2D eigenvalue weighted by atomic mass is 35.5. The smallest absolute Gasteiger partial charge is 0.239 e. The number of carbonyl (C=O) groups excluding carboxylic acids is 2. The van der Waals surface area contributed by atoms with Gasteiger partial charge < -0.3 is 15.5 Å². The van der Waals surface area contributed by atoms with Gasteiger partial charge in [0.2, 0.25) is 11.8 Å². The van der Waals surface area contributed by atoms with E-state index in [1.165, 1.54) is 4.90 Å². The van der Waals surface area contributed by atoms with Crippen LogP contribution in [0.15, 0.2) is 0 Å². The second kappa shape index (κ2) is 9.96. The van der Waals surface area contributed by atoms with Crippen LogP contribution < -0.4 is 10.6 Å². The molecule has 0 radical (unpaired) electrons. The maximum Gasteiger partial charge on any atom is 0.239 e. The van der Waals surface area contributed by atoms with Crippen LogP contribution in [0.25, 0.3) is 0 Å². The Morgan fingerprint density at radius 3 is 2.65 bits per heavy atom. The number of carbonyl (C=O) groups is 2. The number of likely N-dealkylation sites (tertiary alicyclic amines) is 1. The summed E-state index contributed by atoms with van der Waals surface area (Å²) in [4.78, 5) is 27.1. The SMILES string of the molecule is CCCNC(=O)CN(C)C(=O)CN1CCC(NC)C1.Cl. The van der Waals surface area contributed by atoms with E-state index in [4.69, 9.17) is 0 Å². The highest BCUT2D eigenvalue weighted by molar-refractivity contribution is 5.85. The van der Waals surface area contributed by atoms with Crippen LogP contribution >= 0.6 is 12.4 Å². The van der Waals surface area contributed by atoms with Crippen molar-refractivity contribution in [3.63, 3.8) is 0 Å². The Labute approximate surface area is 127 Å². The molecule has 1 atom stereocenters. The van der Waals surface area contributed by atoms with Crippen LogP contribution in [-0.4, -0.2) is 74.5 Å². The summed E-state index contributed by atoms with van der Waals surface area (Å²) in [5, 5.41) is 5.99. The number of amides is 2. The molecule has 6 nitrogen and oxygen atoms in total. The lowest BCUT2D eigenvalue weighted by Gasteiger charge is -2.21. The van der Waals surface area contributed by atoms with E-state index in [1.807, 2.05) is 14.0 Å². The van der Waals surface area contributed by atoms with Gasteiger partial charge in [-0.3, -0.25) is 14.5 Å². The number of halogens is 1. The Bertz CT molecular complexity index is 315. The van der Waals surface area contributed by atoms with Crippen molar-refractivity contribution < 1.29 is 9.59 Å². The van der Waals surface area contributed by atoms with Gasteiger partial charge in [-0.05, 0) is 19.9 Å². The van der Waals surface area contributed by atoms with Gasteiger partial charge >= 0.3 is 0 Å². The molecule has 0 bridgehead atoms. The van der Waals surface area contributed by atoms with Crippen molar-refractivity contribution in [2.24, 2.45) is 0 Å². The fourth-order valence-electron chi connectivity index (χ4n) is 2.15. The first-order valence-corrected chi connectivity index (χ1v) is 6.97. The summed E-state index contributed by atoms with van der Waals surface area (Å²) in [7, 11) is 3.62. The molecule has 1 aliphatic heterocycles. The van der Waals surface area contributed by atoms with E-state index >= 15 is 0 Å². The van der Waals surface area contributed by atoms with Crippen LogP contribution in [0.5, 0.6) is 0 Å². The van der Waals surface area contributed by atoms with Gasteiger partial charge in [-0.15, -0.1) is 12.4 Å². The molecule has 0 spiro atoms. The van der Waals surface area contributed by atoms with Gasteiger partial charge in [0.25, 0.3) is 0 Å². The number of nitrogens with one attached hydrogen (secondary N) is 2. The average molecular weight is 307 g/mol. The van der Waals surface area contributed by atoms with Gasteiger partial charge in [0.05, 0.1) is 13.1 Å². The monoisotopic (exact) mass is 306 g/mol. The highest BCUT2D eigenvalue weighted by Crippen LogP contribution is 2.08. The van der Waals surface area contributed by atoms with Crippen LogP contribution in [0.2, 0.25) is 0 Å². The van der Waals surface area contributed by atoms with Crippen molar-refractivity contribution in [3.05, 3.63) is 0 Å². The second-order valence-electron chi connectivity index (χ2n) is 5.11. The Balaban J connectivity index is 0.00000361. The van der Waals surface area contributed by atoms with E-state index < -0.39 is 0 Å². The molecule has 0 aliphatic carbocycles. The van der Waals surface area contributed by atoms with E-state index in [1.54, 1.807) is 7.05 Å². The van der Waals surface area contributed by atoms with E-state index in [2.05, 4.69) is 15.5 Å². The van der Waals surface area contributed by atoms with Gasteiger partial charge in [-0.1, -0.05) is 6.92 Å². The largest absolute Gasteiger partial charge is 0.355 e. The molecule has 0 saturated carbocycles. The third kappa shape index (κ3) is 6.54. The van der Waals surface area contributed by atoms with Crippen molar-refractivity contribution in [2.75, 3.05) is 46.8 Å². The molecule has 0 aromatic heterocycles. The maximum atomic E-state index is 12.0. The molecule has 1 aliphatic rings. The van der Waals surface area contributed by atoms with Crippen molar-refractivity contribution in [1.29, 1.82) is 0 Å². The molecule has 1 heterocycles. The highest BCUT2D eigenvalue weighted by Gasteiger charge is 2.24. The van der Waals surface area contributed by atoms with Crippen molar-refractivity contribution in [2.45, 2.75) is 25.8 Å². The molecule has 0 aromatic carbocycles. The minimum absolute atomic E-state index is 0. The molecule has 20 heavy (non-hydrogen) atoms. The fraction of sp³-hybridized carbons (Fsp3) is 0.846. The van der Waals surface area contributed by atoms with E-state index in [0.29, 0.717) is 19.1 Å². The summed E-state index contributed by atoms with van der Waals surface area (Å²) in [6, 6.07) is 0.478. The number of rotatable bonds is 7. The predicted molar refractivity (Wildman–Crippen MR) is 82.1 cm³/mol. The topological polar surface area (TPSA) is 64.7 Å². The summed E-state index contributed by atoms with van der Waals surface area (Å²) in [5.74, 6) is -0.0874. The normalized spacial score (nSPS) is 18.4. The number of nitrogens with zero attached hydrogens (tertiary/aromatic N) is 2. The minimum Gasteiger partial charge on any atom is -0.355 e. The van der Waals surface area contributed by atoms with Crippen LogP contribution in [-0.2, 0) is 9.59 Å². The molecule has 0 aromatic rings. The summed E-state index contributed by atoms with van der Waals surface area (Å²) < 4.78 is 0. The number of hydrogen-bond acceptors (Lipinski definition) is 4. The van der Waals surface area contributed by atoms with Gasteiger partial charge in [-0.2, -0.15) is 0 Å². The Hall–Kier alpha value is -0.850. The lowest BCUT2D eigenvalue weighted by Crippen LogP contribution is -2.43. The molecule has 2 amide bonds. The molecule has 7 heteroatoms. The number of hydrogen-bond donors (Lipinski definition) is 2. The second-order valence-corrected chi connectivity index (χ2v) is 5.11.